The first-order chi connectivity index (χ1) is 3.27. The molecule has 0 bridgehead atoms. The lowest BCUT2D eigenvalue weighted by Gasteiger charge is -1.98. The average molecular weight is 213 g/mol. The molecule has 2 heteroatoms. The molecule has 0 aliphatic rings. The first kappa shape index (κ1) is 7.69. The Balaban J connectivity index is 2.68. The minimum Gasteiger partial charge on any atom is -0.320 e. The summed E-state index contributed by atoms with van der Waals surface area (Å²) in [7, 11) is 1.99. The van der Waals surface area contributed by atoms with Crippen molar-refractivity contribution < 1.29 is 0 Å². The fourth-order valence-corrected chi connectivity index (χ4v) is 0.655. The van der Waals surface area contributed by atoms with E-state index in [1.807, 2.05) is 7.05 Å². The van der Waals surface area contributed by atoms with Crippen LogP contribution in [-0.4, -0.2) is 17.5 Å². The zero-order valence-corrected chi connectivity index (χ0v) is 7.03. The van der Waals surface area contributed by atoms with Gasteiger partial charge in [0.15, 0.2) is 0 Å². The van der Waals surface area contributed by atoms with Gasteiger partial charge in [0.1, 0.15) is 0 Å². The molecule has 1 nitrogen and oxygen atoms in total. The number of hydrogen-bond acceptors (Lipinski definition) is 1. The molecule has 0 unspecified atom stereocenters. The van der Waals surface area contributed by atoms with Gasteiger partial charge in [-0.25, -0.2) is 0 Å². The molecule has 0 rings (SSSR count). The molecular weight excluding hydrogens is 201 g/mol. The van der Waals surface area contributed by atoms with Gasteiger partial charge in [0.25, 0.3) is 0 Å². The molecule has 1 N–H and O–H groups in total. The van der Waals surface area contributed by atoms with Gasteiger partial charge in [-0.2, -0.15) is 0 Å². The van der Waals surface area contributed by atoms with E-state index in [0.29, 0.717) is 0 Å². The van der Waals surface area contributed by atoms with Crippen LogP contribution in [0.4, 0.5) is 0 Å². The van der Waals surface area contributed by atoms with E-state index in [4.69, 9.17) is 0 Å². The molecule has 0 aromatic carbocycles. The van der Waals surface area contributed by atoms with Gasteiger partial charge < -0.3 is 5.32 Å². The predicted molar refractivity (Wildman–Crippen MR) is 42.0 cm³/mol. The van der Waals surface area contributed by atoms with Gasteiger partial charge in [-0.3, -0.25) is 0 Å². The molecule has 0 radical (unpaired) electrons. The van der Waals surface area contributed by atoms with Crippen molar-refractivity contribution in [2.75, 3.05) is 13.6 Å². The van der Waals surface area contributed by atoms with Crippen molar-refractivity contribution in [2.45, 2.75) is 17.3 Å². The minimum atomic E-state index is 0.810. The molecule has 0 heterocycles. The van der Waals surface area contributed by atoms with Gasteiger partial charge in [-0.15, -0.1) is 0 Å². The lowest BCUT2D eigenvalue weighted by molar-refractivity contribution is 0.732. The van der Waals surface area contributed by atoms with Crippen LogP contribution in [-0.2, 0) is 0 Å². The van der Waals surface area contributed by atoms with E-state index < -0.39 is 0 Å². The predicted octanol–water partition coefficient (Wildman–Crippen LogP) is 1.42. The van der Waals surface area contributed by atoms with Gasteiger partial charge in [0.2, 0.25) is 0 Å². The van der Waals surface area contributed by atoms with Crippen molar-refractivity contribution >= 4 is 22.6 Å². The Morgan fingerprint density at radius 3 is 2.43 bits per heavy atom. The maximum atomic E-state index is 3.09. The third-order valence-electron chi connectivity index (χ3n) is 0.792. The smallest absolute Gasteiger partial charge is 0.00933 e. The number of halogens is 1. The van der Waals surface area contributed by atoms with Crippen LogP contribution >= 0.6 is 22.6 Å². The molecule has 0 amide bonds. The molecule has 44 valence electrons. The van der Waals surface area contributed by atoms with Crippen LogP contribution < -0.4 is 5.32 Å². The van der Waals surface area contributed by atoms with Crippen LogP contribution in [0.25, 0.3) is 0 Å². The topological polar surface area (TPSA) is 12.0 Å². The monoisotopic (exact) mass is 213 g/mol. The molecule has 0 aliphatic heterocycles. The minimum absolute atomic E-state index is 0.810. The summed E-state index contributed by atoms with van der Waals surface area (Å²) >= 11 is 2.43. The summed E-state index contributed by atoms with van der Waals surface area (Å²) < 4.78 is 0.810. The van der Waals surface area contributed by atoms with E-state index in [1.54, 1.807) is 0 Å². The van der Waals surface area contributed by atoms with Crippen molar-refractivity contribution in [3.05, 3.63) is 0 Å². The quantitative estimate of drug-likeness (QED) is 0.552. The standard InChI is InChI=1S/C5H12IN/c1-5(6)3-4-7-2/h5,7H,3-4H2,1-2H3/t5-/m0/s1. The zero-order chi connectivity index (χ0) is 5.70. The van der Waals surface area contributed by atoms with Gasteiger partial charge in [-0.1, -0.05) is 29.5 Å². The van der Waals surface area contributed by atoms with Crippen LogP contribution in [0.3, 0.4) is 0 Å². The third-order valence-corrected chi connectivity index (χ3v) is 1.41. The summed E-state index contributed by atoms with van der Waals surface area (Å²) in [6, 6.07) is 0. The van der Waals surface area contributed by atoms with Gasteiger partial charge >= 0.3 is 0 Å². The van der Waals surface area contributed by atoms with E-state index in [0.717, 1.165) is 10.5 Å². The van der Waals surface area contributed by atoms with Crippen LogP contribution in [0.5, 0.6) is 0 Å². The van der Waals surface area contributed by atoms with Crippen molar-refractivity contribution in [2.24, 2.45) is 0 Å². The number of hydrogen-bond donors (Lipinski definition) is 1. The van der Waals surface area contributed by atoms with Gasteiger partial charge in [0, 0.05) is 3.92 Å². The molecule has 0 aliphatic carbocycles. The highest BCUT2D eigenvalue weighted by atomic mass is 127. The van der Waals surface area contributed by atoms with E-state index in [-0.39, 0.29) is 0 Å². The fraction of sp³-hybridized carbons (Fsp3) is 1.00. The van der Waals surface area contributed by atoms with Crippen molar-refractivity contribution in [3.8, 4) is 0 Å². The molecule has 0 fully saturated rings. The highest BCUT2D eigenvalue weighted by molar-refractivity contribution is 14.1. The summed E-state index contributed by atoms with van der Waals surface area (Å²) in [6.45, 7) is 3.36. The van der Waals surface area contributed by atoms with Crippen molar-refractivity contribution in [3.63, 3.8) is 0 Å². The van der Waals surface area contributed by atoms with Crippen LogP contribution in [0.15, 0.2) is 0 Å². The summed E-state index contributed by atoms with van der Waals surface area (Å²) in [4.78, 5) is 0. The van der Waals surface area contributed by atoms with E-state index >= 15 is 0 Å². The second kappa shape index (κ2) is 4.84. The van der Waals surface area contributed by atoms with Crippen molar-refractivity contribution in [1.82, 2.24) is 5.32 Å². The van der Waals surface area contributed by atoms with Crippen LogP contribution in [0.2, 0.25) is 0 Å². The van der Waals surface area contributed by atoms with Crippen LogP contribution in [0.1, 0.15) is 13.3 Å². The molecule has 7 heavy (non-hydrogen) atoms. The lowest BCUT2D eigenvalue weighted by atomic mass is 10.3. The highest BCUT2D eigenvalue weighted by Crippen LogP contribution is 2.01. The highest BCUT2D eigenvalue weighted by Gasteiger charge is 1.90. The second-order valence-corrected chi connectivity index (χ2v) is 3.80. The molecule has 0 saturated heterocycles. The maximum absolute atomic E-state index is 3.09. The largest absolute Gasteiger partial charge is 0.320 e. The first-order valence-electron chi connectivity index (χ1n) is 2.56. The molecule has 0 aromatic heterocycles. The normalized spacial score (nSPS) is 14.1. The van der Waals surface area contributed by atoms with E-state index in [9.17, 15) is 0 Å². The molecule has 0 spiro atoms. The second-order valence-electron chi connectivity index (χ2n) is 1.67. The maximum Gasteiger partial charge on any atom is 0.00933 e. The molecule has 1 atom stereocenters. The summed E-state index contributed by atoms with van der Waals surface area (Å²) in [5.74, 6) is 0. The van der Waals surface area contributed by atoms with Crippen LogP contribution in [0, 0.1) is 0 Å². The van der Waals surface area contributed by atoms with Gasteiger partial charge in [0.05, 0.1) is 0 Å². The number of alkyl halides is 1. The summed E-state index contributed by atoms with van der Waals surface area (Å²) in [5, 5.41) is 3.09. The Labute approximate surface area is 59.0 Å². The molecule has 0 aromatic rings. The Hall–Kier alpha value is 0.690. The Morgan fingerprint density at radius 1 is 1.71 bits per heavy atom. The summed E-state index contributed by atoms with van der Waals surface area (Å²) in [6.07, 6.45) is 1.27. The van der Waals surface area contributed by atoms with E-state index in [1.165, 1.54) is 6.42 Å². The SMILES string of the molecule is CNCC[C@H](C)I. The average Bonchev–Trinajstić information content (AvgIpc) is 1.61. The van der Waals surface area contributed by atoms with Gasteiger partial charge in [-0.05, 0) is 20.0 Å². The third kappa shape index (κ3) is 6.69. The van der Waals surface area contributed by atoms with E-state index in [2.05, 4.69) is 34.8 Å². The van der Waals surface area contributed by atoms with Crippen molar-refractivity contribution in [1.29, 1.82) is 0 Å². The summed E-state index contributed by atoms with van der Waals surface area (Å²) in [5.41, 5.74) is 0. The first-order valence-corrected chi connectivity index (χ1v) is 3.80. The number of rotatable bonds is 3. The Bertz CT molecular complexity index is 37.1. The number of nitrogens with one attached hydrogen (secondary N) is 1. The Kier molecular flexibility index (Phi) is 5.32. The molecular formula is C5H12IN. The Morgan fingerprint density at radius 2 is 2.29 bits per heavy atom. The lowest BCUT2D eigenvalue weighted by Crippen LogP contribution is -2.10. The fourth-order valence-electron chi connectivity index (χ4n) is 0.343. The zero-order valence-electron chi connectivity index (χ0n) is 4.87. The molecule has 0 saturated carbocycles.